The Labute approximate surface area is 248 Å². The molecule has 2 aromatic heterocycles. The second kappa shape index (κ2) is 10.2. The van der Waals surface area contributed by atoms with E-state index in [4.69, 9.17) is 6.57 Å². The summed E-state index contributed by atoms with van der Waals surface area (Å²) in [7, 11) is -6.45. The molecule has 224 valence electrons. The summed E-state index contributed by atoms with van der Waals surface area (Å²) in [4.78, 5) is 3.35. The van der Waals surface area contributed by atoms with Gasteiger partial charge < -0.3 is 0 Å². The molecule has 1 N–H and O–H groups in total. The first-order valence-electron chi connectivity index (χ1n) is 12.8. The molecule has 2 aliphatic rings. The third-order valence-corrected chi connectivity index (χ3v) is 11.6. The average Bonchev–Trinajstić information content (AvgIpc) is 3.39. The highest BCUT2D eigenvalue weighted by atomic mass is 32.2. The third kappa shape index (κ3) is 5.33. The number of hydrogen-bond donors (Lipinski definition) is 1. The van der Waals surface area contributed by atoms with Gasteiger partial charge in [-0.15, -0.1) is 14.9 Å². The van der Waals surface area contributed by atoms with Gasteiger partial charge in [0.05, 0.1) is 28.1 Å². The number of nitrogens with zero attached hydrogens (tertiary/aromatic N) is 6. The van der Waals surface area contributed by atoms with Gasteiger partial charge in [-0.2, -0.15) is 22.6 Å². The maximum Gasteiger partial charge on any atom is 0.445 e. The van der Waals surface area contributed by atoms with Gasteiger partial charge in [-0.25, -0.2) is 23.4 Å². The minimum Gasteiger partial charge on any atom is -0.292 e. The molecule has 0 atom stereocenters. The Kier molecular flexibility index (Phi) is 6.97. The van der Waals surface area contributed by atoms with Crippen LogP contribution < -0.4 is 4.72 Å². The van der Waals surface area contributed by atoms with Gasteiger partial charge in [-0.3, -0.25) is 9.53 Å². The lowest BCUT2D eigenvalue weighted by atomic mass is 9.97. The van der Waals surface area contributed by atoms with Crippen LogP contribution in [0.5, 0.6) is 0 Å². The Balaban J connectivity index is 1.47. The van der Waals surface area contributed by atoms with Gasteiger partial charge in [-0.1, -0.05) is 35.6 Å². The molecule has 6 rings (SSSR count). The summed E-state index contributed by atoms with van der Waals surface area (Å²) in [5, 5.41) is 10.2. The van der Waals surface area contributed by atoms with Crippen LogP contribution in [0.15, 0.2) is 58.3 Å². The summed E-state index contributed by atoms with van der Waals surface area (Å²) in [6.07, 6.45) is -2.11. The zero-order valence-corrected chi connectivity index (χ0v) is 24.8. The number of aromatic nitrogens is 4. The summed E-state index contributed by atoms with van der Waals surface area (Å²) in [5.74, 6) is 0. The van der Waals surface area contributed by atoms with Crippen LogP contribution in [-0.4, -0.2) is 59.9 Å². The Hall–Kier alpha value is -3.69. The second-order valence-corrected chi connectivity index (χ2v) is 14.8. The third-order valence-electron chi connectivity index (χ3n) is 7.25. The molecular formula is C26H22F3N7O4S3. The number of benzene rings is 2. The SMILES string of the molecule is [C-]#[N+]C1(NS(=O)(=O)c2cc(C3=CCN(S(=O)(=O)c4ccccc4)CC3)c3c(c2)c(-c2nnc(C(F)(F)F)s2)nn3C)CC1. The standard InChI is InChI=1S/C26H22F3N7O4S3/c1-30-25(10-11-25)34-42(37,38)18-14-19(16-8-12-36(13-9-16)43(39,40)17-6-4-3-5-7-17)22-20(15-18)21(33-35(22)2)23-31-32-24(41-23)26(27,28)29/h3-8,14-15,34H,9-13H2,2H3. The predicted octanol–water partition coefficient (Wildman–Crippen LogP) is 4.28. The van der Waals surface area contributed by atoms with E-state index in [0.717, 1.165) is 0 Å². The average molecular weight is 650 g/mol. The van der Waals surface area contributed by atoms with E-state index in [-0.39, 0.29) is 56.7 Å². The van der Waals surface area contributed by atoms with Crippen LogP contribution in [0.3, 0.4) is 0 Å². The van der Waals surface area contributed by atoms with E-state index in [9.17, 15) is 30.0 Å². The smallest absolute Gasteiger partial charge is 0.292 e. The lowest BCUT2D eigenvalue weighted by Crippen LogP contribution is -2.35. The molecule has 1 saturated carbocycles. The molecule has 1 fully saturated rings. The van der Waals surface area contributed by atoms with Crippen LogP contribution in [-0.2, 0) is 33.3 Å². The van der Waals surface area contributed by atoms with E-state index < -0.39 is 36.9 Å². The second-order valence-electron chi connectivity index (χ2n) is 10.2. The molecule has 11 nitrogen and oxygen atoms in total. The monoisotopic (exact) mass is 649 g/mol. The Morgan fingerprint density at radius 2 is 1.79 bits per heavy atom. The van der Waals surface area contributed by atoms with Crippen LogP contribution in [0.4, 0.5) is 13.2 Å². The normalized spacial score (nSPS) is 17.5. The highest BCUT2D eigenvalue weighted by Crippen LogP contribution is 2.42. The van der Waals surface area contributed by atoms with Crippen molar-refractivity contribution in [1.29, 1.82) is 0 Å². The van der Waals surface area contributed by atoms with Crippen LogP contribution in [0.25, 0.3) is 32.0 Å². The number of alkyl halides is 3. The fraction of sp³-hybridized carbons (Fsp3) is 0.308. The molecule has 17 heteroatoms. The number of nitrogens with one attached hydrogen (secondary N) is 1. The van der Waals surface area contributed by atoms with Gasteiger partial charge in [0, 0.05) is 31.1 Å². The van der Waals surface area contributed by atoms with Gasteiger partial charge in [-0.05, 0) is 36.3 Å². The maximum absolute atomic E-state index is 13.5. The quantitative estimate of drug-likeness (QED) is 0.296. The van der Waals surface area contributed by atoms with Crippen LogP contribution in [0.1, 0.15) is 29.8 Å². The molecule has 0 spiro atoms. The van der Waals surface area contributed by atoms with Gasteiger partial charge in [0.2, 0.25) is 25.1 Å². The molecule has 0 saturated heterocycles. The van der Waals surface area contributed by atoms with Crippen molar-refractivity contribution in [3.05, 3.63) is 70.5 Å². The van der Waals surface area contributed by atoms with Gasteiger partial charge in [0.25, 0.3) is 5.66 Å². The topological polar surface area (TPSA) is 132 Å². The highest BCUT2D eigenvalue weighted by Gasteiger charge is 2.54. The first-order valence-corrected chi connectivity index (χ1v) is 16.6. The Morgan fingerprint density at radius 3 is 2.37 bits per heavy atom. The molecule has 1 aliphatic heterocycles. The summed E-state index contributed by atoms with van der Waals surface area (Å²) in [6.45, 7) is 7.52. The van der Waals surface area contributed by atoms with Crippen LogP contribution in [0.2, 0.25) is 0 Å². The van der Waals surface area contributed by atoms with Crippen LogP contribution >= 0.6 is 11.3 Å². The van der Waals surface area contributed by atoms with E-state index in [1.807, 2.05) is 0 Å². The van der Waals surface area contributed by atoms with E-state index >= 15 is 0 Å². The molecule has 43 heavy (non-hydrogen) atoms. The van der Waals surface area contributed by atoms with Crippen LogP contribution in [0, 0.1) is 6.57 Å². The molecule has 0 bridgehead atoms. The van der Waals surface area contributed by atoms with Crippen molar-refractivity contribution in [2.45, 2.75) is 40.9 Å². The zero-order chi connectivity index (χ0) is 30.8. The minimum absolute atomic E-state index is 0.0137. The molecule has 3 heterocycles. The van der Waals surface area contributed by atoms with E-state index in [0.29, 0.717) is 29.5 Å². The zero-order valence-electron chi connectivity index (χ0n) is 22.3. The van der Waals surface area contributed by atoms with E-state index in [1.54, 1.807) is 31.3 Å². The number of rotatable bonds is 7. The molecule has 0 radical (unpaired) electrons. The lowest BCUT2D eigenvalue weighted by molar-refractivity contribution is -0.138. The van der Waals surface area contributed by atoms with Crippen molar-refractivity contribution in [3.8, 4) is 10.7 Å². The van der Waals surface area contributed by atoms with Gasteiger partial charge in [0.1, 0.15) is 5.69 Å². The lowest BCUT2D eigenvalue weighted by Gasteiger charge is -2.26. The van der Waals surface area contributed by atoms with Crippen molar-refractivity contribution >= 4 is 47.9 Å². The first kappa shape index (κ1) is 29.4. The number of aryl methyl sites for hydroxylation is 1. The van der Waals surface area contributed by atoms with Crippen molar-refractivity contribution in [2.75, 3.05) is 13.1 Å². The molecular weight excluding hydrogens is 628 g/mol. The van der Waals surface area contributed by atoms with E-state index in [1.165, 1.54) is 33.3 Å². The van der Waals surface area contributed by atoms with Gasteiger partial charge >= 0.3 is 6.18 Å². The first-order chi connectivity index (χ1) is 20.2. The van der Waals surface area contributed by atoms with Crippen molar-refractivity contribution in [3.63, 3.8) is 0 Å². The predicted molar refractivity (Wildman–Crippen MR) is 151 cm³/mol. The summed E-state index contributed by atoms with van der Waals surface area (Å²) in [6, 6.07) is 10.7. The molecule has 0 unspecified atom stereocenters. The number of fused-ring (bicyclic) bond motifs is 1. The van der Waals surface area contributed by atoms with Gasteiger partial charge in [0.15, 0.2) is 5.01 Å². The fourth-order valence-electron chi connectivity index (χ4n) is 4.90. The number of hydrogen-bond acceptors (Lipinski definition) is 8. The summed E-state index contributed by atoms with van der Waals surface area (Å²) >= 11 is 0.285. The number of halogens is 3. The molecule has 4 aromatic rings. The largest absolute Gasteiger partial charge is 0.445 e. The molecule has 2 aromatic carbocycles. The fourth-order valence-corrected chi connectivity index (χ4v) is 8.43. The van der Waals surface area contributed by atoms with E-state index in [2.05, 4.69) is 24.9 Å². The number of sulfonamides is 2. The molecule has 0 amide bonds. The van der Waals surface area contributed by atoms with Crippen molar-refractivity contribution < 1.29 is 30.0 Å². The van der Waals surface area contributed by atoms with Crippen molar-refractivity contribution in [1.82, 2.24) is 29.0 Å². The summed E-state index contributed by atoms with van der Waals surface area (Å²) in [5.41, 5.74) is 0.261. The summed E-state index contributed by atoms with van der Waals surface area (Å²) < 4.78 is 98.4. The molecule has 1 aliphatic carbocycles. The Morgan fingerprint density at radius 1 is 1.07 bits per heavy atom. The minimum atomic E-state index is -4.72. The Bertz CT molecular complexity index is 2040. The highest BCUT2D eigenvalue weighted by molar-refractivity contribution is 7.89. The van der Waals surface area contributed by atoms with Crippen molar-refractivity contribution in [2.24, 2.45) is 7.05 Å². The maximum atomic E-state index is 13.5.